The minimum atomic E-state index is -0.358. The van der Waals surface area contributed by atoms with Crippen molar-refractivity contribution in [3.63, 3.8) is 0 Å². The fourth-order valence-corrected chi connectivity index (χ4v) is 3.60. The molecule has 0 aliphatic carbocycles. The summed E-state index contributed by atoms with van der Waals surface area (Å²) in [6, 6.07) is 2.46. The Kier molecular flexibility index (Phi) is 6.06. The number of esters is 1. The van der Waals surface area contributed by atoms with Gasteiger partial charge >= 0.3 is 5.97 Å². The summed E-state index contributed by atoms with van der Waals surface area (Å²) in [7, 11) is 2.07. The Bertz CT molecular complexity index is 825. The molecule has 1 aliphatic rings. The molecule has 28 heavy (non-hydrogen) atoms. The van der Waals surface area contributed by atoms with Gasteiger partial charge in [-0.2, -0.15) is 5.10 Å². The molecule has 0 aromatic carbocycles. The average Bonchev–Trinajstić information content (AvgIpc) is 2.67. The summed E-state index contributed by atoms with van der Waals surface area (Å²) in [5, 5.41) is 8.31. The highest BCUT2D eigenvalue weighted by molar-refractivity contribution is 5.91. The van der Waals surface area contributed by atoms with Gasteiger partial charge in [0, 0.05) is 26.2 Å². The second kappa shape index (κ2) is 8.50. The number of aryl methyl sites for hydroxylation is 3. The van der Waals surface area contributed by atoms with Crippen LogP contribution in [0.15, 0.2) is 12.3 Å². The summed E-state index contributed by atoms with van der Waals surface area (Å²) < 4.78 is 5.12. The van der Waals surface area contributed by atoms with Gasteiger partial charge in [0.15, 0.2) is 5.82 Å². The summed E-state index contributed by atoms with van der Waals surface area (Å²) in [5.41, 5.74) is 2.90. The highest BCUT2D eigenvalue weighted by Gasteiger charge is 2.26. The number of anilines is 2. The molecule has 0 atom stereocenters. The van der Waals surface area contributed by atoms with Crippen LogP contribution in [0.3, 0.4) is 0 Å². The van der Waals surface area contributed by atoms with Crippen LogP contribution < -0.4 is 9.80 Å². The molecule has 1 aliphatic heterocycles. The van der Waals surface area contributed by atoms with Crippen molar-refractivity contribution in [2.24, 2.45) is 0 Å². The van der Waals surface area contributed by atoms with Crippen molar-refractivity contribution in [2.75, 3.05) is 36.5 Å². The molecule has 0 amide bonds. The molecule has 0 unspecified atom stereocenters. The Morgan fingerprint density at radius 2 is 1.86 bits per heavy atom. The van der Waals surface area contributed by atoms with Crippen molar-refractivity contribution >= 4 is 17.7 Å². The van der Waals surface area contributed by atoms with E-state index < -0.39 is 0 Å². The summed E-state index contributed by atoms with van der Waals surface area (Å²) in [6.45, 7) is 9.53. The fourth-order valence-electron chi connectivity index (χ4n) is 3.60. The smallest absolute Gasteiger partial charge is 0.341 e. The number of nitrogens with zero attached hydrogens (tertiary/aromatic N) is 6. The van der Waals surface area contributed by atoms with Crippen LogP contribution in [0.25, 0.3) is 0 Å². The second-order valence-electron chi connectivity index (χ2n) is 7.21. The van der Waals surface area contributed by atoms with Crippen molar-refractivity contribution in [3.05, 3.63) is 34.8 Å². The second-order valence-corrected chi connectivity index (χ2v) is 7.21. The number of hydrogen-bond acceptors (Lipinski definition) is 8. The fraction of sp³-hybridized carbons (Fsp3) is 0.550. The SMILES string of the molecule is CCOC(=O)c1c(C)nc(N2CCC(N(C)c3cc(C)cnn3)CC2)nc1C. The molecule has 2 aromatic rings. The molecule has 8 heteroatoms. The van der Waals surface area contributed by atoms with Gasteiger partial charge in [-0.3, -0.25) is 0 Å². The predicted octanol–water partition coefficient (Wildman–Crippen LogP) is 2.47. The zero-order valence-electron chi connectivity index (χ0n) is 17.3. The van der Waals surface area contributed by atoms with Crippen LogP contribution in [0.5, 0.6) is 0 Å². The first-order valence-electron chi connectivity index (χ1n) is 9.70. The van der Waals surface area contributed by atoms with Gasteiger partial charge in [-0.1, -0.05) is 0 Å². The van der Waals surface area contributed by atoms with E-state index in [9.17, 15) is 4.79 Å². The monoisotopic (exact) mass is 384 g/mol. The molecule has 8 nitrogen and oxygen atoms in total. The molecular formula is C20H28N6O2. The average molecular weight is 384 g/mol. The van der Waals surface area contributed by atoms with E-state index in [1.807, 2.05) is 20.8 Å². The first-order chi connectivity index (χ1) is 13.4. The lowest BCUT2D eigenvalue weighted by atomic mass is 10.0. The number of rotatable bonds is 5. The molecule has 3 heterocycles. The number of carbonyl (C=O) groups is 1. The summed E-state index contributed by atoms with van der Waals surface area (Å²) in [6.07, 6.45) is 3.72. The van der Waals surface area contributed by atoms with E-state index in [4.69, 9.17) is 4.74 Å². The van der Waals surface area contributed by atoms with Crippen molar-refractivity contribution in [2.45, 2.75) is 46.6 Å². The van der Waals surface area contributed by atoms with Crippen LogP contribution in [0.2, 0.25) is 0 Å². The van der Waals surface area contributed by atoms with E-state index in [1.54, 1.807) is 13.1 Å². The van der Waals surface area contributed by atoms with Crippen LogP contribution in [0.4, 0.5) is 11.8 Å². The maximum Gasteiger partial charge on any atom is 0.341 e. The Morgan fingerprint density at radius 3 is 2.43 bits per heavy atom. The quantitative estimate of drug-likeness (QED) is 0.727. The zero-order chi connectivity index (χ0) is 20.3. The Morgan fingerprint density at radius 1 is 1.21 bits per heavy atom. The van der Waals surface area contributed by atoms with E-state index in [1.165, 1.54) is 0 Å². The largest absolute Gasteiger partial charge is 0.462 e. The first-order valence-corrected chi connectivity index (χ1v) is 9.70. The van der Waals surface area contributed by atoms with Crippen LogP contribution in [0, 0.1) is 20.8 Å². The molecule has 2 aromatic heterocycles. The van der Waals surface area contributed by atoms with Gasteiger partial charge in [-0.25, -0.2) is 14.8 Å². The molecule has 0 bridgehead atoms. The Balaban J connectivity index is 1.69. The lowest BCUT2D eigenvalue weighted by molar-refractivity contribution is 0.0523. The number of ether oxygens (including phenoxy) is 1. The molecule has 1 saturated heterocycles. The number of hydrogen-bond donors (Lipinski definition) is 0. The zero-order valence-corrected chi connectivity index (χ0v) is 17.3. The minimum Gasteiger partial charge on any atom is -0.462 e. The molecule has 3 rings (SSSR count). The minimum absolute atomic E-state index is 0.339. The van der Waals surface area contributed by atoms with Gasteiger partial charge in [-0.15, -0.1) is 5.10 Å². The molecule has 150 valence electrons. The third kappa shape index (κ3) is 4.21. The van der Waals surface area contributed by atoms with E-state index in [-0.39, 0.29) is 5.97 Å². The first kappa shape index (κ1) is 20.0. The van der Waals surface area contributed by atoms with Crippen molar-refractivity contribution in [3.8, 4) is 0 Å². The highest BCUT2D eigenvalue weighted by atomic mass is 16.5. The molecule has 1 fully saturated rings. The number of carbonyl (C=O) groups excluding carboxylic acids is 1. The predicted molar refractivity (Wildman–Crippen MR) is 108 cm³/mol. The van der Waals surface area contributed by atoms with Crippen LogP contribution in [0.1, 0.15) is 47.1 Å². The van der Waals surface area contributed by atoms with E-state index in [2.05, 4.69) is 43.1 Å². The van der Waals surface area contributed by atoms with Gasteiger partial charge in [0.25, 0.3) is 0 Å². The third-order valence-corrected chi connectivity index (χ3v) is 5.17. The van der Waals surface area contributed by atoms with Crippen LogP contribution >= 0.6 is 0 Å². The summed E-state index contributed by atoms with van der Waals surface area (Å²) in [5.74, 6) is 1.23. The highest BCUT2D eigenvalue weighted by Crippen LogP contribution is 2.24. The maximum atomic E-state index is 12.1. The van der Waals surface area contributed by atoms with Gasteiger partial charge in [-0.05, 0) is 52.2 Å². The lowest BCUT2D eigenvalue weighted by Crippen LogP contribution is -2.44. The molecule has 0 saturated carbocycles. The molecular weight excluding hydrogens is 356 g/mol. The van der Waals surface area contributed by atoms with Crippen molar-refractivity contribution < 1.29 is 9.53 Å². The van der Waals surface area contributed by atoms with Gasteiger partial charge in [0.2, 0.25) is 5.95 Å². The third-order valence-electron chi connectivity index (χ3n) is 5.17. The van der Waals surface area contributed by atoms with Crippen LogP contribution in [-0.4, -0.2) is 58.9 Å². The summed E-state index contributed by atoms with van der Waals surface area (Å²) >= 11 is 0. The van der Waals surface area contributed by atoms with Crippen molar-refractivity contribution in [1.29, 1.82) is 0 Å². The lowest BCUT2D eigenvalue weighted by Gasteiger charge is -2.37. The van der Waals surface area contributed by atoms with Gasteiger partial charge in [0.1, 0.15) is 5.56 Å². The maximum absolute atomic E-state index is 12.1. The van der Waals surface area contributed by atoms with Gasteiger partial charge in [0.05, 0.1) is 24.2 Å². The Labute approximate surface area is 166 Å². The van der Waals surface area contributed by atoms with Crippen LogP contribution in [-0.2, 0) is 4.74 Å². The van der Waals surface area contributed by atoms with E-state index in [0.29, 0.717) is 35.5 Å². The normalized spacial score (nSPS) is 14.8. The molecule has 0 spiro atoms. The molecule has 0 radical (unpaired) electrons. The van der Waals surface area contributed by atoms with E-state index in [0.717, 1.165) is 37.3 Å². The van der Waals surface area contributed by atoms with E-state index >= 15 is 0 Å². The number of aromatic nitrogens is 4. The van der Waals surface area contributed by atoms with Crippen molar-refractivity contribution in [1.82, 2.24) is 20.2 Å². The number of piperidine rings is 1. The topological polar surface area (TPSA) is 84.3 Å². The standard InChI is InChI=1S/C20H28N6O2/c1-6-28-19(27)18-14(3)22-20(23-15(18)4)26-9-7-16(8-10-26)25(5)17-11-13(2)12-21-24-17/h11-12,16H,6-10H2,1-5H3. The Hall–Kier alpha value is -2.77. The molecule has 0 N–H and O–H groups in total. The van der Waals surface area contributed by atoms with Gasteiger partial charge < -0.3 is 14.5 Å². The summed E-state index contributed by atoms with van der Waals surface area (Å²) in [4.78, 5) is 25.7.